The van der Waals surface area contributed by atoms with Gasteiger partial charge in [0.05, 0.1) is 64.9 Å². The Hall–Kier alpha value is -7.65. The fraction of sp³-hybridized carbons (Fsp3) is 0.554. The van der Waals surface area contributed by atoms with E-state index in [0.717, 1.165) is 112 Å². The summed E-state index contributed by atoms with van der Waals surface area (Å²) in [5, 5.41) is 0. The second-order valence-electron chi connectivity index (χ2n) is 25.7. The van der Waals surface area contributed by atoms with Gasteiger partial charge in [0.15, 0.2) is 5.82 Å². The first kappa shape index (κ1) is 56.2. The van der Waals surface area contributed by atoms with Crippen molar-refractivity contribution in [3.05, 3.63) is 94.5 Å². The molecule has 21 nitrogen and oxygen atoms in total. The topological polar surface area (TPSA) is 176 Å². The van der Waals surface area contributed by atoms with Gasteiger partial charge in [-0.1, -0.05) is 25.3 Å². The zero-order chi connectivity index (χ0) is 59.4. The third-order valence-corrected chi connectivity index (χ3v) is 20.6. The van der Waals surface area contributed by atoms with Crippen LogP contribution in [0.15, 0.2) is 49.6 Å². The molecule has 4 saturated heterocycles. The monoisotopic (exact) mass is 1170 g/mol. The summed E-state index contributed by atoms with van der Waals surface area (Å²) in [6, 6.07) is 8.55. The van der Waals surface area contributed by atoms with E-state index in [1.54, 1.807) is 4.90 Å². The van der Waals surface area contributed by atoms with Gasteiger partial charge in [0.25, 0.3) is 17.7 Å². The number of benzene rings is 1. The highest BCUT2D eigenvalue weighted by atomic mass is 16.5. The van der Waals surface area contributed by atoms with Crippen LogP contribution in [0.25, 0.3) is 0 Å². The summed E-state index contributed by atoms with van der Waals surface area (Å²) in [7, 11) is 8.07. The predicted molar refractivity (Wildman–Crippen MR) is 327 cm³/mol. The third-order valence-electron chi connectivity index (χ3n) is 20.6. The first-order valence-corrected chi connectivity index (χ1v) is 31.2. The van der Waals surface area contributed by atoms with Crippen LogP contribution in [0.4, 0.5) is 28.6 Å². The van der Waals surface area contributed by atoms with E-state index < -0.39 is 0 Å². The Morgan fingerprint density at radius 1 is 0.674 bits per heavy atom. The van der Waals surface area contributed by atoms with Crippen molar-refractivity contribution < 1.29 is 38.1 Å². The molecule has 4 fully saturated rings. The normalized spacial score (nSPS) is 26.1. The van der Waals surface area contributed by atoms with Gasteiger partial charge < -0.3 is 63.0 Å². The molecule has 1 aromatic carbocycles. The lowest BCUT2D eigenvalue weighted by Crippen LogP contribution is -2.62. The van der Waals surface area contributed by atoms with Gasteiger partial charge in [0.1, 0.15) is 26.4 Å². The molecule has 21 heteroatoms. The SMILES string of the molecule is C=CC(=O)N1C[C@@H]2COc3c(OC[C@@H]4CC(c5cc6c(c(N7CCc8c(nc(OC[C@@H]9CCCN9C)c9c8N8C[C@@H](C)N(C(=O)C=C)C[C@@H]8CO9)C7)n5)N(C)C(=O)CC6)CN4C)nc4c(c3N2C[C@H]1C)CCN(c1cccc2c1C(=O)N(C)CC2)C4. The molecule has 0 bridgehead atoms. The van der Waals surface area contributed by atoms with Crippen LogP contribution in [0.5, 0.6) is 23.3 Å². The Balaban J connectivity index is 0.757. The Morgan fingerprint density at radius 3 is 1.91 bits per heavy atom. The molecule has 14 rings (SSSR count). The van der Waals surface area contributed by atoms with Gasteiger partial charge in [-0.25, -0.2) is 15.0 Å². The van der Waals surface area contributed by atoms with E-state index in [-0.39, 0.29) is 65.8 Å². The van der Waals surface area contributed by atoms with Gasteiger partial charge >= 0.3 is 0 Å². The molecule has 3 aromatic heterocycles. The first-order chi connectivity index (χ1) is 41.6. The molecule has 4 aromatic rings. The zero-order valence-corrected chi connectivity index (χ0v) is 50.8. The molecule has 10 aliphatic heterocycles. The standard InChI is InChI=1S/C65H81N13O8/c1-9-53(79)75-30-45-37-84-61-58(77(45)27-38(75)3)47-19-23-73(52-15-11-13-40-18-22-70(6)65(82)56(40)52)32-50(47)67-64(61)86-35-44-25-42(29-71(44)7)49-26-41-16-17-55(81)72(8)57(41)62(66-49)74-24-20-48-51(33-74)68-63(85-34-43-14-12-21-69(43)5)60-59(48)78-28-39(4)76(54(80)10-2)31-46(78)36-83-60/h9-11,13,15,26,38-39,42-46H,1-2,12,14,16-25,27-37H2,3-8H3/t38-,39-,42?,43+,44+,45-,46-/m1/s1. The summed E-state index contributed by atoms with van der Waals surface area (Å²) >= 11 is 0. The van der Waals surface area contributed by atoms with Crippen molar-refractivity contribution in [2.75, 3.05) is 138 Å². The minimum Gasteiger partial charge on any atom is -0.484 e. The maximum Gasteiger partial charge on any atom is 0.259 e. The van der Waals surface area contributed by atoms with Crippen molar-refractivity contribution in [3.63, 3.8) is 0 Å². The fourth-order valence-electron chi connectivity index (χ4n) is 15.6. The fourth-order valence-corrected chi connectivity index (χ4v) is 15.6. The highest BCUT2D eigenvalue weighted by molar-refractivity contribution is 6.02. The van der Waals surface area contributed by atoms with Crippen LogP contribution in [0.3, 0.4) is 0 Å². The van der Waals surface area contributed by atoms with Crippen LogP contribution in [0.2, 0.25) is 0 Å². The van der Waals surface area contributed by atoms with Crippen LogP contribution >= 0.6 is 0 Å². The number of ether oxygens (including phenoxy) is 4. The molecule has 1 unspecified atom stereocenters. The highest BCUT2D eigenvalue weighted by Gasteiger charge is 2.46. The van der Waals surface area contributed by atoms with Crippen LogP contribution < -0.4 is 43.4 Å². The van der Waals surface area contributed by atoms with Gasteiger partial charge in [0, 0.05) is 120 Å². The summed E-state index contributed by atoms with van der Waals surface area (Å²) in [4.78, 5) is 91.5. The maximum absolute atomic E-state index is 13.8. The molecule has 7 atom stereocenters. The van der Waals surface area contributed by atoms with Crippen LogP contribution in [-0.4, -0.2) is 213 Å². The summed E-state index contributed by atoms with van der Waals surface area (Å²) < 4.78 is 27.2. The number of aromatic nitrogens is 3. The van der Waals surface area contributed by atoms with Gasteiger partial charge in [-0.15, -0.1) is 0 Å². The number of piperazine rings is 2. The van der Waals surface area contributed by atoms with Crippen molar-refractivity contribution in [2.45, 2.75) is 120 Å². The molecular formula is C65H81N13O8. The number of amides is 4. The van der Waals surface area contributed by atoms with Crippen LogP contribution in [0.1, 0.15) is 95.1 Å². The molecule has 0 spiro atoms. The second kappa shape index (κ2) is 22.3. The zero-order valence-electron chi connectivity index (χ0n) is 50.8. The number of hydrogen-bond donors (Lipinski definition) is 0. The molecule has 0 radical (unpaired) electrons. The molecular weight excluding hydrogens is 1090 g/mol. The van der Waals surface area contributed by atoms with Crippen molar-refractivity contribution in [1.82, 2.24) is 39.5 Å². The average molecular weight is 1170 g/mol. The number of rotatable bonds is 11. The van der Waals surface area contributed by atoms with Crippen molar-refractivity contribution in [1.29, 1.82) is 0 Å². The summed E-state index contributed by atoms with van der Waals surface area (Å²) in [5.74, 6) is 3.13. The Kier molecular flexibility index (Phi) is 14.5. The predicted octanol–water partition coefficient (Wildman–Crippen LogP) is 4.84. The van der Waals surface area contributed by atoms with E-state index in [4.69, 9.17) is 33.9 Å². The number of pyridine rings is 3. The van der Waals surface area contributed by atoms with Crippen molar-refractivity contribution in [2.24, 2.45) is 0 Å². The van der Waals surface area contributed by atoms with E-state index in [1.807, 2.05) is 28.8 Å². The van der Waals surface area contributed by atoms with Crippen molar-refractivity contribution >= 4 is 52.2 Å². The van der Waals surface area contributed by atoms with Gasteiger partial charge in [-0.3, -0.25) is 24.1 Å². The number of anilines is 5. The number of carbonyl (C=O) groups is 4. The van der Waals surface area contributed by atoms with Crippen LogP contribution in [0, 0.1) is 0 Å². The van der Waals surface area contributed by atoms with Crippen molar-refractivity contribution in [3.8, 4) is 23.3 Å². The third kappa shape index (κ3) is 9.61. The lowest BCUT2D eigenvalue weighted by atomic mass is 9.94. The second-order valence-corrected chi connectivity index (χ2v) is 25.7. The molecule has 0 saturated carbocycles. The molecule has 0 N–H and O–H groups in total. The van der Waals surface area contributed by atoms with E-state index in [0.29, 0.717) is 134 Å². The van der Waals surface area contributed by atoms with Gasteiger partial charge in [0.2, 0.25) is 29.2 Å². The number of likely N-dealkylation sites (N-methyl/N-ethyl adjacent to an activating group) is 3. The molecule has 4 amide bonds. The lowest BCUT2D eigenvalue weighted by Gasteiger charge is -2.49. The largest absolute Gasteiger partial charge is 0.484 e. The molecule has 0 aliphatic carbocycles. The number of carbonyl (C=O) groups excluding carboxylic acids is 4. The lowest BCUT2D eigenvalue weighted by molar-refractivity contribution is -0.130. The number of likely N-dealkylation sites (tertiary alicyclic amines) is 2. The number of fused-ring (bicyclic) bond motifs is 12. The molecule has 10 aliphatic rings. The molecule has 13 heterocycles. The van der Waals surface area contributed by atoms with E-state index >= 15 is 0 Å². The highest BCUT2D eigenvalue weighted by Crippen LogP contribution is 2.51. The number of hydrogen-bond acceptors (Lipinski definition) is 17. The van der Waals surface area contributed by atoms with Gasteiger partial charge in [-0.05, 0) is 115 Å². The van der Waals surface area contributed by atoms with E-state index in [2.05, 4.69) is 94.8 Å². The molecule has 86 heavy (non-hydrogen) atoms. The summed E-state index contributed by atoms with van der Waals surface area (Å²) in [6.07, 6.45) is 9.03. The van der Waals surface area contributed by atoms with E-state index in [9.17, 15) is 19.2 Å². The first-order valence-electron chi connectivity index (χ1n) is 31.2. The Morgan fingerprint density at radius 2 is 1.29 bits per heavy atom. The number of nitrogens with zero attached hydrogens (tertiary/aromatic N) is 13. The Bertz CT molecular complexity index is 3450. The average Bonchev–Trinajstić information content (AvgIpc) is 0.898. The quantitative estimate of drug-likeness (QED) is 0.186. The summed E-state index contributed by atoms with van der Waals surface area (Å²) in [5.41, 5.74) is 11.8. The minimum absolute atomic E-state index is 0.0179. The smallest absolute Gasteiger partial charge is 0.259 e. The van der Waals surface area contributed by atoms with E-state index in [1.165, 1.54) is 12.2 Å². The Labute approximate surface area is 504 Å². The number of aryl methyl sites for hydroxylation is 1. The summed E-state index contributed by atoms with van der Waals surface area (Å²) in [6.45, 7) is 20.6. The van der Waals surface area contributed by atoms with Crippen LogP contribution in [-0.2, 0) is 53.2 Å². The minimum atomic E-state index is -0.0797. The van der Waals surface area contributed by atoms with Gasteiger partial charge in [-0.2, -0.15) is 0 Å². The molecule has 454 valence electrons. The maximum atomic E-state index is 13.8.